The number of aryl methyl sites for hydroxylation is 1. The summed E-state index contributed by atoms with van der Waals surface area (Å²) in [5.74, 6) is 0.611. The number of amides is 3. The molecule has 0 fully saturated rings. The third kappa shape index (κ3) is 7.43. The number of likely N-dealkylation sites (N-methyl/N-ethyl adjacent to an activating group) is 1. The van der Waals surface area contributed by atoms with Crippen molar-refractivity contribution in [3.8, 4) is 0 Å². The van der Waals surface area contributed by atoms with E-state index in [4.69, 9.17) is 4.52 Å². The molecular formula is C20H29N5O3S. The van der Waals surface area contributed by atoms with E-state index in [-0.39, 0.29) is 18.5 Å². The first kappa shape index (κ1) is 22.8. The Morgan fingerprint density at radius 3 is 2.34 bits per heavy atom. The van der Waals surface area contributed by atoms with Crippen molar-refractivity contribution >= 4 is 35.2 Å². The van der Waals surface area contributed by atoms with Crippen molar-refractivity contribution in [3.63, 3.8) is 0 Å². The van der Waals surface area contributed by atoms with E-state index in [0.29, 0.717) is 30.4 Å². The number of aromatic nitrogens is 1. The van der Waals surface area contributed by atoms with E-state index < -0.39 is 0 Å². The minimum absolute atomic E-state index is 0.0814. The lowest BCUT2D eigenvalue weighted by Crippen LogP contribution is -2.44. The quantitative estimate of drug-likeness (QED) is 0.573. The van der Waals surface area contributed by atoms with Crippen LogP contribution in [-0.4, -0.2) is 65.9 Å². The van der Waals surface area contributed by atoms with Crippen LogP contribution in [0.4, 0.5) is 16.3 Å². The van der Waals surface area contributed by atoms with E-state index in [1.54, 1.807) is 24.8 Å². The maximum atomic E-state index is 12.8. The Morgan fingerprint density at radius 1 is 1.10 bits per heavy atom. The summed E-state index contributed by atoms with van der Waals surface area (Å²) >= 11 is 1.63. The minimum Gasteiger partial charge on any atom is -0.360 e. The summed E-state index contributed by atoms with van der Waals surface area (Å²) in [5, 5.41) is 9.29. The molecule has 9 heteroatoms. The topological polar surface area (TPSA) is 90.7 Å². The van der Waals surface area contributed by atoms with Crippen molar-refractivity contribution in [1.29, 1.82) is 0 Å². The highest BCUT2D eigenvalue weighted by atomic mass is 32.2. The molecule has 0 saturated carbocycles. The molecule has 0 spiro atoms. The largest absolute Gasteiger partial charge is 0.360 e. The number of urea groups is 1. The molecule has 1 aromatic heterocycles. The van der Waals surface area contributed by atoms with Gasteiger partial charge in [0.25, 0.3) is 0 Å². The van der Waals surface area contributed by atoms with Gasteiger partial charge in [0.1, 0.15) is 12.3 Å². The van der Waals surface area contributed by atoms with E-state index in [9.17, 15) is 9.59 Å². The number of nitrogens with zero attached hydrogens (tertiary/aromatic N) is 3. The van der Waals surface area contributed by atoms with Gasteiger partial charge in [-0.05, 0) is 50.5 Å². The van der Waals surface area contributed by atoms with Gasteiger partial charge in [-0.1, -0.05) is 19.0 Å². The molecule has 2 rings (SSSR count). The summed E-state index contributed by atoms with van der Waals surface area (Å²) in [6.07, 6.45) is 2.00. The lowest BCUT2D eigenvalue weighted by atomic mass is 10.3. The van der Waals surface area contributed by atoms with Gasteiger partial charge in [-0.15, -0.1) is 11.8 Å². The first-order chi connectivity index (χ1) is 13.9. The molecule has 0 bridgehead atoms. The van der Waals surface area contributed by atoms with Crippen LogP contribution in [0.15, 0.2) is 39.8 Å². The van der Waals surface area contributed by atoms with Crippen molar-refractivity contribution < 1.29 is 14.1 Å². The third-order valence-corrected chi connectivity index (χ3v) is 5.18. The van der Waals surface area contributed by atoms with Crippen LogP contribution >= 0.6 is 11.8 Å². The van der Waals surface area contributed by atoms with Gasteiger partial charge >= 0.3 is 6.03 Å². The van der Waals surface area contributed by atoms with Crippen LogP contribution in [0.1, 0.15) is 19.6 Å². The standard InChI is InChI=1S/C20H29N5O3S/c1-5-24(6-2)11-12-25(14-19(26)22-18-13-15(3)28-23-18)20(27)21-16-7-9-17(29-4)10-8-16/h7-10,13H,5-6,11-12,14H2,1-4H3,(H,21,27)(H,22,23,26). The van der Waals surface area contributed by atoms with Gasteiger partial charge < -0.3 is 25.0 Å². The Kier molecular flexibility index (Phi) is 9.01. The smallest absolute Gasteiger partial charge is 0.322 e. The molecule has 29 heavy (non-hydrogen) atoms. The summed E-state index contributed by atoms with van der Waals surface area (Å²) < 4.78 is 4.96. The van der Waals surface area contributed by atoms with E-state index >= 15 is 0 Å². The molecule has 0 saturated heterocycles. The fraction of sp³-hybridized carbons (Fsp3) is 0.450. The highest BCUT2D eigenvalue weighted by molar-refractivity contribution is 7.98. The average Bonchev–Trinajstić information content (AvgIpc) is 3.12. The summed E-state index contributed by atoms with van der Waals surface area (Å²) in [7, 11) is 0. The van der Waals surface area contributed by atoms with Crippen molar-refractivity contribution in [2.45, 2.75) is 25.7 Å². The van der Waals surface area contributed by atoms with E-state index in [1.165, 1.54) is 4.90 Å². The number of thioether (sulfide) groups is 1. The van der Waals surface area contributed by atoms with Gasteiger partial charge in [0.15, 0.2) is 5.82 Å². The first-order valence-electron chi connectivity index (χ1n) is 9.60. The van der Waals surface area contributed by atoms with E-state index in [1.807, 2.05) is 30.5 Å². The second kappa shape index (κ2) is 11.5. The van der Waals surface area contributed by atoms with Crippen LogP contribution in [0.2, 0.25) is 0 Å². The molecule has 0 radical (unpaired) electrons. The Labute approximate surface area is 176 Å². The molecule has 0 atom stereocenters. The summed E-state index contributed by atoms with van der Waals surface area (Å²) in [6.45, 7) is 8.68. The lowest BCUT2D eigenvalue weighted by Gasteiger charge is -2.26. The molecule has 0 aliphatic heterocycles. The van der Waals surface area contributed by atoms with Crippen molar-refractivity contribution in [1.82, 2.24) is 15.0 Å². The van der Waals surface area contributed by atoms with Crippen molar-refractivity contribution in [2.75, 3.05) is 49.6 Å². The maximum Gasteiger partial charge on any atom is 0.322 e. The van der Waals surface area contributed by atoms with Gasteiger partial charge in [0.2, 0.25) is 5.91 Å². The fourth-order valence-corrected chi connectivity index (χ4v) is 3.12. The predicted octanol–water partition coefficient (Wildman–Crippen LogP) is 3.52. The van der Waals surface area contributed by atoms with Gasteiger partial charge in [0, 0.05) is 29.7 Å². The zero-order chi connectivity index (χ0) is 21.2. The van der Waals surface area contributed by atoms with Gasteiger partial charge in [-0.3, -0.25) is 4.79 Å². The maximum absolute atomic E-state index is 12.8. The lowest BCUT2D eigenvalue weighted by molar-refractivity contribution is -0.116. The van der Waals surface area contributed by atoms with Crippen LogP contribution in [0, 0.1) is 6.92 Å². The van der Waals surface area contributed by atoms with E-state index in [2.05, 4.69) is 34.5 Å². The molecule has 1 aromatic carbocycles. The number of benzene rings is 1. The zero-order valence-electron chi connectivity index (χ0n) is 17.4. The first-order valence-corrected chi connectivity index (χ1v) is 10.8. The number of anilines is 2. The number of hydrogen-bond acceptors (Lipinski definition) is 6. The molecule has 0 aliphatic rings. The van der Waals surface area contributed by atoms with Crippen LogP contribution in [0.5, 0.6) is 0 Å². The number of nitrogens with one attached hydrogen (secondary N) is 2. The van der Waals surface area contributed by atoms with Gasteiger partial charge in [-0.2, -0.15) is 0 Å². The van der Waals surface area contributed by atoms with Crippen molar-refractivity contribution in [3.05, 3.63) is 36.1 Å². The van der Waals surface area contributed by atoms with E-state index in [0.717, 1.165) is 18.0 Å². The molecular weight excluding hydrogens is 390 g/mol. The summed E-state index contributed by atoms with van der Waals surface area (Å²) in [4.78, 5) is 30.1. The minimum atomic E-state index is -0.328. The molecule has 2 aromatic rings. The number of hydrogen-bond donors (Lipinski definition) is 2. The van der Waals surface area contributed by atoms with Crippen LogP contribution in [0.25, 0.3) is 0 Å². The molecule has 1 heterocycles. The Bertz CT molecular complexity index is 790. The number of carbonyl (C=O) groups is 2. The van der Waals surface area contributed by atoms with Crippen LogP contribution in [-0.2, 0) is 4.79 Å². The Morgan fingerprint density at radius 2 is 1.79 bits per heavy atom. The monoisotopic (exact) mass is 419 g/mol. The predicted molar refractivity (Wildman–Crippen MR) is 116 cm³/mol. The second-order valence-electron chi connectivity index (χ2n) is 6.48. The zero-order valence-corrected chi connectivity index (χ0v) is 18.2. The molecule has 158 valence electrons. The number of carbonyl (C=O) groups excluding carboxylic acids is 2. The highest BCUT2D eigenvalue weighted by Gasteiger charge is 2.19. The second-order valence-corrected chi connectivity index (χ2v) is 7.36. The molecule has 3 amide bonds. The molecule has 0 unspecified atom stereocenters. The Balaban J connectivity index is 2.03. The van der Waals surface area contributed by atoms with Gasteiger partial charge in [0.05, 0.1) is 0 Å². The van der Waals surface area contributed by atoms with Crippen LogP contribution < -0.4 is 10.6 Å². The SMILES string of the molecule is CCN(CC)CCN(CC(=O)Nc1cc(C)on1)C(=O)Nc1ccc(SC)cc1. The molecule has 8 nitrogen and oxygen atoms in total. The Hall–Kier alpha value is -2.52. The van der Waals surface area contributed by atoms with Gasteiger partial charge in [-0.25, -0.2) is 4.79 Å². The number of rotatable bonds is 10. The fourth-order valence-electron chi connectivity index (χ4n) is 2.71. The average molecular weight is 420 g/mol. The third-order valence-electron chi connectivity index (χ3n) is 4.44. The summed E-state index contributed by atoms with van der Waals surface area (Å²) in [5.41, 5.74) is 0.688. The highest BCUT2D eigenvalue weighted by Crippen LogP contribution is 2.17. The molecule has 2 N–H and O–H groups in total. The van der Waals surface area contributed by atoms with Crippen LogP contribution in [0.3, 0.4) is 0 Å². The summed E-state index contributed by atoms with van der Waals surface area (Å²) in [6, 6.07) is 8.90. The molecule has 0 aliphatic carbocycles. The van der Waals surface area contributed by atoms with Crippen molar-refractivity contribution in [2.24, 2.45) is 0 Å². The normalized spacial score (nSPS) is 10.8.